The van der Waals surface area contributed by atoms with Gasteiger partial charge in [-0.25, -0.2) is 0 Å². The Hall–Kier alpha value is -0.820. The zero-order chi connectivity index (χ0) is 13.2. The lowest BCUT2D eigenvalue weighted by Gasteiger charge is -2.31. The summed E-state index contributed by atoms with van der Waals surface area (Å²) in [5.74, 6) is 0.322. The predicted octanol–water partition coefficient (Wildman–Crippen LogP) is 3.95. The lowest BCUT2D eigenvalue weighted by atomic mass is 9.81. The fourth-order valence-electron chi connectivity index (χ4n) is 2.46. The van der Waals surface area contributed by atoms with Crippen molar-refractivity contribution in [3.63, 3.8) is 0 Å². The van der Waals surface area contributed by atoms with E-state index in [9.17, 15) is 5.11 Å². The number of aliphatic hydroxyl groups is 1. The smallest absolute Gasteiger partial charge is 0.0685 e. The largest absolute Gasteiger partial charge is 0.390 e. The molecular formula is C16H26O. The van der Waals surface area contributed by atoms with Crippen LogP contribution in [0.15, 0.2) is 12.1 Å². The molecule has 1 rings (SSSR count). The van der Waals surface area contributed by atoms with Gasteiger partial charge in [0, 0.05) is 6.42 Å². The average Bonchev–Trinajstić information content (AvgIpc) is 2.22. The molecule has 0 saturated carbocycles. The zero-order valence-corrected chi connectivity index (χ0v) is 12.1. The SMILES string of the molecule is CCC(C)C(C)(O)Cc1c(C)cc(C)cc1C. The molecule has 0 aliphatic carbocycles. The molecule has 2 unspecified atom stereocenters. The molecular weight excluding hydrogens is 208 g/mol. The first-order valence-corrected chi connectivity index (χ1v) is 6.57. The van der Waals surface area contributed by atoms with Gasteiger partial charge in [0.2, 0.25) is 0 Å². The molecule has 0 radical (unpaired) electrons. The van der Waals surface area contributed by atoms with Crippen molar-refractivity contribution in [1.29, 1.82) is 0 Å². The highest BCUT2D eigenvalue weighted by molar-refractivity contribution is 5.38. The van der Waals surface area contributed by atoms with Crippen LogP contribution in [0.4, 0.5) is 0 Å². The molecule has 0 fully saturated rings. The molecule has 1 aromatic rings. The summed E-state index contributed by atoms with van der Waals surface area (Å²) in [5.41, 5.74) is 4.59. The van der Waals surface area contributed by atoms with E-state index in [1.165, 1.54) is 22.3 Å². The molecule has 1 N–H and O–H groups in total. The first-order chi connectivity index (χ1) is 7.77. The summed E-state index contributed by atoms with van der Waals surface area (Å²) >= 11 is 0. The highest BCUT2D eigenvalue weighted by atomic mass is 16.3. The second-order valence-corrected chi connectivity index (χ2v) is 5.72. The van der Waals surface area contributed by atoms with Crippen LogP contribution in [0.1, 0.15) is 49.4 Å². The van der Waals surface area contributed by atoms with Gasteiger partial charge in [0.15, 0.2) is 0 Å². The fourth-order valence-corrected chi connectivity index (χ4v) is 2.46. The van der Waals surface area contributed by atoms with Crippen molar-refractivity contribution in [2.75, 3.05) is 0 Å². The zero-order valence-electron chi connectivity index (χ0n) is 12.1. The molecule has 17 heavy (non-hydrogen) atoms. The lowest BCUT2D eigenvalue weighted by Crippen LogP contribution is -2.35. The van der Waals surface area contributed by atoms with E-state index in [2.05, 4.69) is 46.8 Å². The number of hydrogen-bond donors (Lipinski definition) is 1. The molecule has 2 atom stereocenters. The van der Waals surface area contributed by atoms with Crippen molar-refractivity contribution in [2.45, 2.75) is 60.0 Å². The summed E-state index contributed by atoms with van der Waals surface area (Å²) in [4.78, 5) is 0. The van der Waals surface area contributed by atoms with Crippen LogP contribution < -0.4 is 0 Å². The summed E-state index contributed by atoms with van der Waals surface area (Å²) in [7, 11) is 0. The normalized spacial score (nSPS) is 16.6. The molecule has 0 heterocycles. The van der Waals surface area contributed by atoms with E-state index in [1.54, 1.807) is 0 Å². The van der Waals surface area contributed by atoms with E-state index in [1.807, 2.05) is 6.92 Å². The Labute approximate surface area is 106 Å². The van der Waals surface area contributed by atoms with Crippen LogP contribution in [0.25, 0.3) is 0 Å². The van der Waals surface area contributed by atoms with E-state index in [4.69, 9.17) is 0 Å². The minimum absolute atomic E-state index is 0.322. The number of hydrogen-bond acceptors (Lipinski definition) is 1. The average molecular weight is 234 g/mol. The Morgan fingerprint density at radius 1 is 1.18 bits per heavy atom. The maximum atomic E-state index is 10.6. The topological polar surface area (TPSA) is 20.2 Å². The third-order valence-corrected chi connectivity index (χ3v) is 4.05. The van der Waals surface area contributed by atoms with Gasteiger partial charge in [0.25, 0.3) is 0 Å². The van der Waals surface area contributed by atoms with Crippen molar-refractivity contribution < 1.29 is 5.11 Å². The summed E-state index contributed by atoms with van der Waals surface area (Å²) in [6.45, 7) is 12.6. The van der Waals surface area contributed by atoms with Crippen molar-refractivity contribution >= 4 is 0 Å². The second-order valence-electron chi connectivity index (χ2n) is 5.72. The van der Waals surface area contributed by atoms with Crippen LogP contribution in [0.5, 0.6) is 0 Å². The van der Waals surface area contributed by atoms with Gasteiger partial charge in [-0.2, -0.15) is 0 Å². The molecule has 1 heteroatoms. The van der Waals surface area contributed by atoms with Crippen LogP contribution in [0, 0.1) is 26.7 Å². The fraction of sp³-hybridized carbons (Fsp3) is 0.625. The van der Waals surface area contributed by atoms with Gasteiger partial charge in [-0.05, 0) is 50.3 Å². The molecule has 0 saturated heterocycles. The molecule has 1 nitrogen and oxygen atoms in total. The molecule has 0 bridgehead atoms. The Morgan fingerprint density at radius 3 is 2.06 bits per heavy atom. The van der Waals surface area contributed by atoms with Gasteiger partial charge in [0.05, 0.1) is 5.60 Å². The second kappa shape index (κ2) is 5.22. The van der Waals surface area contributed by atoms with Gasteiger partial charge in [0.1, 0.15) is 0 Å². The van der Waals surface area contributed by atoms with Gasteiger partial charge < -0.3 is 5.11 Å². The summed E-state index contributed by atoms with van der Waals surface area (Å²) < 4.78 is 0. The van der Waals surface area contributed by atoms with Crippen molar-refractivity contribution in [2.24, 2.45) is 5.92 Å². The maximum absolute atomic E-state index is 10.6. The van der Waals surface area contributed by atoms with E-state index >= 15 is 0 Å². The standard InChI is InChI=1S/C16H26O/c1-7-14(5)16(6,17)10-15-12(3)8-11(2)9-13(15)4/h8-9,14,17H,7,10H2,1-6H3. The minimum atomic E-state index is -0.612. The molecule has 0 aliphatic rings. The first kappa shape index (κ1) is 14.2. The minimum Gasteiger partial charge on any atom is -0.390 e. The predicted molar refractivity (Wildman–Crippen MR) is 74.4 cm³/mol. The number of benzene rings is 1. The van der Waals surface area contributed by atoms with E-state index in [-0.39, 0.29) is 0 Å². The first-order valence-electron chi connectivity index (χ1n) is 6.57. The molecule has 0 aromatic heterocycles. The molecule has 0 aliphatic heterocycles. The Balaban J connectivity index is 3.03. The summed E-state index contributed by atoms with van der Waals surface area (Å²) in [5, 5.41) is 10.6. The maximum Gasteiger partial charge on any atom is 0.0685 e. The van der Waals surface area contributed by atoms with Crippen LogP contribution in [-0.4, -0.2) is 10.7 Å². The molecule has 0 spiro atoms. The Kier molecular flexibility index (Phi) is 4.37. The van der Waals surface area contributed by atoms with E-state index < -0.39 is 5.60 Å². The quantitative estimate of drug-likeness (QED) is 0.836. The Morgan fingerprint density at radius 2 is 1.65 bits per heavy atom. The summed E-state index contributed by atoms with van der Waals surface area (Å²) in [6.07, 6.45) is 1.76. The van der Waals surface area contributed by atoms with Crippen LogP contribution in [0.2, 0.25) is 0 Å². The van der Waals surface area contributed by atoms with Crippen LogP contribution in [-0.2, 0) is 6.42 Å². The molecule has 1 aromatic carbocycles. The van der Waals surface area contributed by atoms with Gasteiger partial charge in [-0.15, -0.1) is 0 Å². The van der Waals surface area contributed by atoms with Crippen molar-refractivity contribution in [3.05, 3.63) is 34.4 Å². The van der Waals surface area contributed by atoms with Crippen molar-refractivity contribution in [1.82, 2.24) is 0 Å². The van der Waals surface area contributed by atoms with Gasteiger partial charge in [-0.3, -0.25) is 0 Å². The van der Waals surface area contributed by atoms with Gasteiger partial charge >= 0.3 is 0 Å². The van der Waals surface area contributed by atoms with Crippen molar-refractivity contribution in [3.8, 4) is 0 Å². The lowest BCUT2D eigenvalue weighted by molar-refractivity contribution is 0.00490. The van der Waals surface area contributed by atoms with Gasteiger partial charge in [-0.1, -0.05) is 38.0 Å². The third kappa shape index (κ3) is 3.32. The molecule has 0 amide bonds. The Bertz CT molecular complexity index is 368. The third-order valence-electron chi connectivity index (χ3n) is 4.05. The monoisotopic (exact) mass is 234 g/mol. The molecule has 96 valence electrons. The van der Waals surface area contributed by atoms with E-state index in [0.717, 1.165) is 12.8 Å². The van der Waals surface area contributed by atoms with Crippen LogP contribution >= 0.6 is 0 Å². The number of aryl methyl sites for hydroxylation is 3. The summed E-state index contributed by atoms with van der Waals surface area (Å²) in [6, 6.07) is 4.41. The number of rotatable bonds is 4. The van der Waals surface area contributed by atoms with E-state index in [0.29, 0.717) is 5.92 Å². The highest BCUT2D eigenvalue weighted by Gasteiger charge is 2.28. The highest BCUT2D eigenvalue weighted by Crippen LogP contribution is 2.28. The van der Waals surface area contributed by atoms with Crippen LogP contribution in [0.3, 0.4) is 0 Å².